The Labute approximate surface area is 151 Å². The molecule has 7 nitrogen and oxygen atoms in total. The fourth-order valence-corrected chi connectivity index (χ4v) is 2.70. The van der Waals surface area contributed by atoms with Crippen LogP contribution < -0.4 is 0 Å². The number of H-pyrrole nitrogens is 1. The van der Waals surface area contributed by atoms with Gasteiger partial charge in [-0.2, -0.15) is 0 Å². The van der Waals surface area contributed by atoms with E-state index < -0.39 is 23.8 Å². The second kappa shape index (κ2) is 8.51. The van der Waals surface area contributed by atoms with E-state index in [9.17, 15) is 14.4 Å². The van der Waals surface area contributed by atoms with Gasteiger partial charge in [0.15, 0.2) is 6.10 Å². The summed E-state index contributed by atoms with van der Waals surface area (Å²) in [6.45, 7) is 6.82. The lowest BCUT2D eigenvalue weighted by molar-refractivity contribution is -0.146. The molecular weight excluding hydrogens is 338 g/mol. The molecule has 2 heterocycles. The first-order valence-corrected chi connectivity index (χ1v) is 8.47. The predicted molar refractivity (Wildman–Crippen MR) is 93.1 cm³/mol. The van der Waals surface area contributed by atoms with Crippen LogP contribution in [0.2, 0.25) is 0 Å². The molecule has 2 rings (SSSR count). The molecule has 0 bridgehead atoms. The second-order valence-electron chi connectivity index (χ2n) is 5.92. The number of aromatic nitrogens is 1. The number of aromatic amines is 1. The van der Waals surface area contributed by atoms with Gasteiger partial charge < -0.3 is 18.9 Å². The maximum atomic E-state index is 12.6. The second-order valence-corrected chi connectivity index (χ2v) is 5.92. The predicted octanol–water partition coefficient (Wildman–Crippen LogP) is 3.15. The number of hydrogen-bond acceptors (Lipinski definition) is 6. The SMILES string of the molecule is CCOC(=O)c1c(C)[nH]c(C(=O)[C@H](C)OC(=O)CCc2ccco2)c1C. The molecule has 0 fully saturated rings. The highest BCUT2D eigenvalue weighted by atomic mass is 16.5. The Morgan fingerprint density at radius 3 is 2.62 bits per heavy atom. The summed E-state index contributed by atoms with van der Waals surface area (Å²) in [5.41, 5.74) is 1.62. The number of carbonyl (C=O) groups is 3. The lowest BCUT2D eigenvalue weighted by atomic mass is 10.1. The molecule has 0 aliphatic heterocycles. The number of rotatable bonds is 8. The molecular formula is C19H23NO6. The summed E-state index contributed by atoms with van der Waals surface area (Å²) in [6, 6.07) is 3.51. The minimum atomic E-state index is -0.967. The third-order valence-electron chi connectivity index (χ3n) is 4.00. The van der Waals surface area contributed by atoms with E-state index in [1.54, 1.807) is 32.9 Å². The van der Waals surface area contributed by atoms with E-state index in [0.717, 1.165) is 0 Å². The lowest BCUT2D eigenvalue weighted by Gasteiger charge is -2.12. The number of Topliss-reactive ketones (excluding diaryl/α,β-unsaturated/α-hetero) is 1. The first-order chi connectivity index (χ1) is 12.3. The zero-order valence-electron chi connectivity index (χ0n) is 15.4. The molecule has 0 saturated carbocycles. The van der Waals surface area contributed by atoms with Crippen molar-refractivity contribution in [3.05, 3.63) is 46.7 Å². The number of ether oxygens (including phenoxy) is 2. The average molecular weight is 361 g/mol. The Bertz CT molecular complexity index is 787. The van der Waals surface area contributed by atoms with Crippen LogP contribution in [0.15, 0.2) is 22.8 Å². The molecule has 0 amide bonds. The molecule has 1 atom stereocenters. The molecule has 0 saturated heterocycles. The molecule has 0 unspecified atom stereocenters. The molecule has 0 radical (unpaired) electrons. The maximum Gasteiger partial charge on any atom is 0.340 e. The molecule has 0 aliphatic carbocycles. The average Bonchev–Trinajstić information content (AvgIpc) is 3.20. The summed E-state index contributed by atoms with van der Waals surface area (Å²) in [6.07, 6.45) is 1.08. The van der Waals surface area contributed by atoms with Crippen LogP contribution >= 0.6 is 0 Å². The van der Waals surface area contributed by atoms with Gasteiger partial charge in [-0.3, -0.25) is 9.59 Å². The fourth-order valence-electron chi connectivity index (χ4n) is 2.70. The van der Waals surface area contributed by atoms with Crippen molar-refractivity contribution in [2.75, 3.05) is 6.61 Å². The molecule has 7 heteroatoms. The molecule has 2 aromatic rings. The van der Waals surface area contributed by atoms with Crippen LogP contribution in [-0.4, -0.2) is 35.4 Å². The van der Waals surface area contributed by atoms with Gasteiger partial charge in [-0.1, -0.05) is 0 Å². The van der Waals surface area contributed by atoms with Crippen molar-refractivity contribution in [2.45, 2.75) is 46.6 Å². The molecule has 26 heavy (non-hydrogen) atoms. The van der Waals surface area contributed by atoms with Gasteiger partial charge in [0.1, 0.15) is 5.76 Å². The summed E-state index contributed by atoms with van der Waals surface area (Å²) >= 11 is 0. The van der Waals surface area contributed by atoms with E-state index in [4.69, 9.17) is 13.9 Å². The van der Waals surface area contributed by atoms with E-state index in [-0.39, 0.29) is 18.7 Å². The zero-order valence-corrected chi connectivity index (χ0v) is 15.4. The van der Waals surface area contributed by atoms with Crippen molar-refractivity contribution >= 4 is 17.7 Å². The van der Waals surface area contributed by atoms with Crippen LogP contribution in [0.3, 0.4) is 0 Å². The number of nitrogens with one attached hydrogen (secondary N) is 1. The molecule has 2 aromatic heterocycles. The molecule has 140 valence electrons. The van der Waals surface area contributed by atoms with E-state index in [0.29, 0.717) is 29.0 Å². The topological polar surface area (TPSA) is 98.6 Å². The number of furan rings is 1. The Balaban J connectivity index is 2.02. The van der Waals surface area contributed by atoms with Gasteiger partial charge in [0.05, 0.1) is 30.5 Å². The van der Waals surface area contributed by atoms with E-state index in [1.165, 1.54) is 13.2 Å². The quantitative estimate of drug-likeness (QED) is 0.573. The monoisotopic (exact) mass is 361 g/mol. The van der Waals surface area contributed by atoms with Gasteiger partial charge in [-0.25, -0.2) is 4.79 Å². The fraction of sp³-hybridized carbons (Fsp3) is 0.421. The van der Waals surface area contributed by atoms with E-state index >= 15 is 0 Å². The highest BCUT2D eigenvalue weighted by molar-refractivity contribution is 6.03. The van der Waals surface area contributed by atoms with Gasteiger partial charge in [-0.15, -0.1) is 0 Å². The summed E-state index contributed by atoms with van der Waals surface area (Å²) < 4.78 is 15.4. The number of aryl methyl sites for hydroxylation is 2. The van der Waals surface area contributed by atoms with Gasteiger partial charge in [0.2, 0.25) is 5.78 Å². The van der Waals surface area contributed by atoms with Gasteiger partial charge in [0, 0.05) is 12.1 Å². The highest BCUT2D eigenvalue weighted by Gasteiger charge is 2.27. The van der Waals surface area contributed by atoms with Gasteiger partial charge >= 0.3 is 11.9 Å². The van der Waals surface area contributed by atoms with Crippen molar-refractivity contribution in [1.29, 1.82) is 0 Å². The summed E-state index contributed by atoms with van der Waals surface area (Å²) in [5, 5.41) is 0. The highest BCUT2D eigenvalue weighted by Crippen LogP contribution is 2.21. The zero-order chi connectivity index (χ0) is 19.3. The van der Waals surface area contributed by atoms with Crippen molar-refractivity contribution in [1.82, 2.24) is 4.98 Å². The third kappa shape index (κ3) is 4.41. The summed E-state index contributed by atoms with van der Waals surface area (Å²) in [4.78, 5) is 39.5. The van der Waals surface area contributed by atoms with Crippen LogP contribution in [0.1, 0.15) is 58.1 Å². The first kappa shape index (κ1) is 19.5. The smallest absolute Gasteiger partial charge is 0.340 e. The number of carbonyl (C=O) groups excluding carboxylic acids is 3. The molecule has 0 aliphatic rings. The number of ketones is 1. The van der Waals surface area contributed by atoms with Crippen molar-refractivity contribution < 1.29 is 28.3 Å². The summed E-state index contributed by atoms with van der Waals surface area (Å²) in [5.74, 6) is -0.696. The Hall–Kier alpha value is -2.83. The maximum absolute atomic E-state index is 12.6. The van der Waals surface area contributed by atoms with Crippen LogP contribution in [0.25, 0.3) is 0 Å². The summed E-state index contributed by atoms with van der Waals surface area (Å²) in [7, 11) is 0. The number of hydrogen-bond donors (Lipinski definition) is 1. The van der Waals surface area contributed by atoms with Crippen molar-refractivity contribution in [3.8, 4) is 0 Å². The molecule has 0 aromatic carbocycles. The minimum Gasteiger partial charge on any atom is -0.469 e. The molecule has 0 spiro atoms. The Morgan fingerprint density at radius 2 is 2.00 bits per heavy atom. The van der Waals surface area contributed by atoms with Crippen molar-refractivity contribution in [3.63, 3.8) is 0 Å². The molecule has 1 N–H and O–H groups in total. The van der Waals surface area contributed by atoms with Crippen LogP contribution in [0.5, 0.6) is 0 Å². The van der Waals surface area contributed by atoms with E-state index in [2.05, 4.69) is 4.98 Å². The Kier molecular flexibility index (Phi) is 6.38. The number of esters is 2. The Morgan fingerprint density at radius 1 is 1.27 bits per heavy atom. The lowest BCUT2D eigenvalue weighted by Crippen LogP contribution is -2.25. The standard InChI is InChI=1S/C19H23NO6/c1-5-24-19(23)16-11(2)17(20-12(16)3)18(22)13(4)26-15(21)9-8-14-7-6-10-25-14/h6-7,10,13,20H,5,8-9H2,1-4H3/t13-/m0/s1. The van der Waals surface area contributed by atoms with Gasteiger partial charge in [-0.05, 0) is 45.4 Å². The largest absolute Gasteiger partial charge is 0.469 e. The normalized spacial score (nSPS) is 11.8. The minimum absolute atomic E-state index is 0.113. The first-order valence-electron chi connectivity index (χ1n) is 8.47. The van der Waals surface area contributed by atoms with Crippen molar-refractivity contribution in [2.24, 2.45) is 0 Å². The van der Waals surface area contributed by atoms with Crippen LogP contribution in [0.4, 0.5) is 0 Å². The van der Waals surface area contributed by atoms with Gasteiger partial charge in [0.25, 0.3) is 0 Å². The van der Waals surface area contributed by atoms with Crippen LogP contribution in [0, 0.1) is 13.8 Å². The third-order valence-corrected chi connectivity index (χ3v) is 4.00. The van der Waals surface area contributed by atoms with E-state index in [1.807, 2.05) is 0 Å². The van der Waals surface area contributed by atoms with Crippen LogP contribution in [-0.2, 0) is 20.7 Å².